The van der Waals surface area contributed by atoms with Gasteiger partial charge in [0.15, 0.2) is 5.54 Å². The third-order valence-corrected chi connectivity index (χ3v) is 4.08. The zero-order valence-corrected chi connectivity index (χ0v) is 14.4. The van der Waals surface area contributed by atoms with E-state index in [-0.39, 0.29) is 12.8 Å². The Kier molecular flexibility index (Phi) is 11.1. The highest BCUT2D eigenvalue weighted by Gasteiger charge is 2.42. The minimum absolute atomic E-state index is 0.193. The molecule has 0 aliphatic heterocycles. The number of hydrogen-bond donors (Lipinski definition) is 3. The molecule has 6 nitrogen and oxygen atoms in total. The fraction of sp³-hybridized carbons (Fsp3) is 0.765. The fourth-order valence-corrected chi connectivity index (χ4v) is 2.45. The SMILES string of the molecule is [CH2]CC(NC(=O)CCCCCCCCCCC)(C(N)=O)C(N)=O. The van der Waals surface area contributed by atoms with E-state index in [9.17, 15) is 14.4 Å². The average molecular weight is 326 g/mol. The summed E-state index contributed by atoms with van der Waals surface area (Å²) in [4.78, 5) is 34.7. The monoisotopic (exact) mass is 326 g/mol. The number of carbonyl (C=O) groups excluding carboxylic acids is 3. The molecule has 6 heteroatoms. The highest BCUT2D eigenvalue weighted by atomic mass is 16.2. The van der Waals surface area contributed by atoms with Crippen LogP contribution in [0.15, 0.2) is 0 Å². The fourth-order valence-electron chi connectivity index (χ4n) is 2.45. The smallest absolute Gasteiger partial charge is 0.253 e. The Morgan fingerprint density at radius 2 is 1.30 bits per heavy atom. The minimum atomic E-state index is -1.88. The number of hydrogen-bond acceptors (Lipinski definition) is 3. The Morgan fingerprint density at radius 3 is 1.70 bits per heavy atom. The molecule has 0 aromatic carbocycles. The van der Waals surface area contributed by atoms with Gasteiger partial charge in [0.2, 0.25) is 5.91 Å². The lowest BCUT2D eigenvalue weighted by Crippen LogP contribution is -2.64. The van der Waals surface area contributed by atoms with E-state index in [2.05, 4.69) is 19.2 Å². The number of amides is 3. The summed E-state index contributed by atoms with van der Waals surface area (Å²) in [6, 6.07) is 0. The third-order valence-electron chi connectivity index (χ3n) is 4.08. The maximum absolute atomic E-state index is 11.9. The summed E-state index contributed by atoms with van der Waals surface area (Å²) >= 11 is 0. The van der Waals surface area contributed by atoms with Crippen molar-refractivity contribution in [2.75, 3.05) is 0 Å². The molecular weight excluding hydrogens is 294 g/mol. The number of rotatable bonds is 14. The molecule has 0 saturated carbocycles. The van der Waals surface area contributed by atoms with Crippen molar-refractivity contribution >= 4 is 17.7 Å². The summed E-state index contributed by atoms with van der Waals surface area (Å²) in [6.07, 6.45) is 10.3. The Labute approximate surface area is 139 Å². The van der Waals surface area contributed by atoms with E-state index in [0.29, 0.717) is 6.42 Å². The van der Waals surface area contributed by atoms with Crippen molar-refractivity contribution in [3.63, 3.8) is 0 Å². The van der Waals surface area contributed by atoms with E-state index in [0.717, 1.165) is 12.8 Å². The van der Waals surface area contributed by atoms with Gasteiger partial charge in [0.05, 0.1) is 0 Å². The van der Waals surface area contributed by atoms with E-state index in [4.69, 9.17) is 11.5 Å². The Hall–Kier alpha value is -1.59. The minimum Gasteiger partial charge on any atom is -0.367 e. The van der Waals surface area contributed by atoms with Crippen LogP contribution >= 0.6 is 0 Å². The van der Waals surface area contributed by atoms with Gasteiger partial charge in [-0.05, 0) is 19.8 Å². The number of unbranched alkanes of at least 4 members (excludes halogenated alkanes) is 8. The van der Waals surface area contributed by atoms with Crippen LogP contribution in [0.3, 0.4) is 0 Å². The first-order valence-corrected chi connectivity index (χ1v) is 8.60. The van der Waals surface area contributed by atoms with E-state index >= 15 is 0 Å². The lowest BCUT2D eigenvalue weighted by atomic mass is 9.94. The molecule has 0 fully saturated rings. The lowest BCUT2D eigenvalue weighted by Gasteiger charge is -2.26. The summed E-state index contributed by atoms with van der Waals surface area (Å²) < 4.78 is 0. The molecule has 133 valence electrons. The van der Waals surface area contributed by atoms with Crippen molar-refractivity contribution in [2.45, 2.75) is 83.1 Å². The number of carbonyl (C=O) groups is 3. The van der Waals surface area contributed by atoms with E-state index in [1.807, 2.05) is 0 Å². The summed E-state index contributed by atoms with van der Waals surface area (Å²) in [6.45, 7) is 5.69. The standard InChI is InChI=1S/C17H32N3O3/c1-3-5-6-7-8-9-10-11-12-13-14(21)20-17(4-2,15(18)22)16(19)23/h2-13H2,1H3,(H2,18,22)(H2,19,23)(H,20,21). The largest absolute Gasteiger partial charge is 0.367 e. The predicted molar refractivity (Wildman–Crippen MR) is 91.1 cm³/mol. The van der Waals surface area contributed by atoms with Crippen LogP contribution in [0.25, 0.3) is 0 Å². The first-order valence-electron chi connectivity index (χ1n) is 8.60. The zero-order chi connectivity index (χ0) is 17.7. The zero-order valence-electron chi connectivity index (χ0n) is 14.4. The molecule has 23 heavy (non-hydrogen) atoms. The molecule has 0 rings (SSSR count). The molecule has 0 bridgehead atoms. The molecule has 0 aromatic rings. The maximum atomic E-state index is 11.9. The van der Waals surface area contributed by atoms with Gasteiger partial charge >= 0.3 is 0 Å². The molecule has 1 radical (unpaired) electrons. The van der Waals surface area contributed by atoms with Crippen LogP contribution in [0.5, 0.6) is 0 Å². The third kappa shape index (κ3) is 8.00. The van der Waals surface area contributed by atoms with E-state index in [1.165, 1.54) is 38.5 Å². The molecule has 0 unspecified atom stereocenters. The van der Waals surface area contributed by atoms with Crippen molar-refractivity contribution in [3.8, 4) is 0 Å². The van der Waals surface area contributed by atoms with Crippen molar-refractivity contribution in [3.05, 3.63) is 6.92 Å². The predicted octanol–water partition coefficient (Wildman–Crippen LogP) is 1.96. The van der Waals surface area contributed by atoms with Gasteiger partial charge < -0.3 is 16.8 Å². The second-order valence-electron chi connectivity index (χ2n) is 6.01. The van der Waals surface area contributed by atoms with Crippen LogP contribution in [0.2, 0.25) is 0 Å². The van der Waals surface area contributed by atoms with Crippen molar-refractivity contribution in [1.82, 2.24) is 5.32 Å². The summed E-state index contributed by atoms with van der Waals surface area (Å²) in [5.74, 6) is -2.34. The molecule has 0 heterocycles. The number of nitrogens with two attached hydrogens (primary N) is 2. The van der Waals surface area contributed by atoms with Crippen molar-refractivity contribution < 1.29 is 14.4 Å². The lowest BCUT2D eigenvalue weighted by molar-refractivity contribution is -0.140. The van der Waals surface area contributed by atoms with Crippen LogP contribution in [0, 0.1) is 6.92 Å². The van der Waals surface area contributed by atoms with Crippen LogP contribution in [0.4, 0.5) is 0 Å². The molecule has 5 N–H and O–H groups in total. The van der Waals surface area contributed by atoms with Gasteiger partial charge in [0, 0.05) is 6.42 Å². The summed E-state index contributed by atoms with van der Waals surface area (Å²) in [7, 11) is 0. The van der Waals surface area contributed by atoms with Crippen LogP contribution < -0.4 is 16.8 Å². The maximum Gasteiger partial charge on any atom is 0.253 e. The van der Waals surface area contributed by atoms with Gasteiger partial charge in [-0.15, -0.1) is 0 Å². The molecule has 0 saturated heterocycles. The van der Waals surface area contributed by atoms with Gasteiger partial charge in [-0.1, -0.05) is 58.3 Å². The van der Waals surface area contributed by atoms with E-state index < -0.39 is 23.3 Å². The molecule has 3 amide bonds. The molecule has 0 spiro atoms. The quantitative estimate of drug-likeness (QED) is 0.335. The Morgan fingerprint density at radius 1 is 0.870 bits per heavy atom. The Balaban J connectivity index is 3.94. The van der Waals surface area contributed by atoms with Gasteiger partial charge in [0.1, 0.15) is 0 Å². The molecule has 0 aliphatic rings. The number of nitrogens with one attached hydrogen (secondary N) is 1. The molecule has 0 aliphatic carbocycles. The van der Waals surface area contributed by atoms with E-state index in [1.54, 1.807) is 0 Å². The molecule has 0 aromatic heterocycles. The van der Waals surface area contributed by atoms with Gasteiger partial charge in [-0.25, -0.2) is 0 Å². The summed E-state index contributed by atoms with van der Waals surface area (Å²) in [5.41, 5.74) is 8.48. The normalized spacial score (nSPS) is 11.2. The number of primary amides is 2. The van der Waals surface area contributed by atoms with Gasteiger partial charge in [0.25, 0.3) is 11.8 Å². The second kappa shape index (κ2) is 11.9. The first kappa shape index (κ1) is 21.4. The van der Waals surface area contributed by atoms with Crippen LogP contribution in [0.1, 0.15) is 77.6 Å². The summed E-state index contributed by atoms with van der Waals surface area (Å²) in [5, 5.41) is 2.35. The van der Waals surface area contributed by atoms with Gasteiger partial charge in [-0.3, -0.25) is 14.4 Å². The first-order chi connectivity index (χ1) is 10.9. The molecular formula is C17H32N3O3. The van der Waals surface area contributed by atoms with Crippen LogP contribution in [-0.2, 0) is 14.4 Å². The van der Waals surface area contributed by atoms with Crippen molar-refractivity contribution in [2.24, 2.45) is 11.5 Å². The molecule has 0 atom stereocenters. The van der Waals surface area contributed by atoms with Gasteiger partial charge in [-0.2, -0.15) is 0 Å². The Bertz CT molecular complexity index is 369. The van der Waals surface area contributed by atoms with Crippen LogP contribution in [-0.4, -0.2) is 23.3 Å². The highest BCUT2D eigenvalue weighted by Crippen LogP contribution is 2.12. The second-order valence-corrected chi connectivity index (χ2v) is 6.01. The topological polar surface area (TPSA) is 115 Å². The average Bonchev–Trinajstić information content (AvgIpc) is 2.50. The highest BCUT2D eigenvalue weighted by molar-refractivity contribution is 6.10. The van der Waals surface area contributed by atoms with Crippen molar-refractivity contribution in [1.29, 1.82) is 0 Å².